The number of ether oxygens (including phenoxy) is 1. The zero-order chi connectivity index (χ0) is 26.3. The lowest BCUT2D eigenvalue weighted by molar-refractivity contribution is -0.125. The minimum absolute atomic E-state index is 0.105. The molecule has 3 aliphatic rings. The Morgan fingerprint density at radius 1 is 1.05 bits per heavy atom. The number of pyridine rings is 2. The smallest absolute Gasteiger partial charge is 0.237 e. The molecule has 0 radical (unpaired) electrons. The molecule has 1 saturated carbocycles. The molecule has 2 aliphatic heterocycles. The summed E-state index contributed by atoms with van der Waals surface area (Å²) >= 11 is 0. The van der Waals surface area contributed by atoms with Gasteiger partial charge in [-0.3, -0.25) is 9.78 Å². The lowest BCUT2D eigenvalue weighted by atomic mass is 9.64. The second kappa shape index (κ2) is 10.2. The van der Waals surface area contributed by atoms with Crippen LogP contribution in [-0.4, -0.2) is 62.5 Å². The third-order valence-corrected chi connectivity index (χ3v) is 8.74. The molecule has 9 nitrogen and oxygen atoms in total. The fraction of sp³-hybridized carbons (Fsp3) is 0.464. The first kappa shape index (κ1) is 25.2. The second-order valence-corrected chi connectivity index (χ2v) is 11.4. The van der Waals surface area contributed by atoms with Gasteiger partial charge in [-0.1, -0.05) is 12.5 Å². The Labute approximate surface area is 224 Å². The van der Waals surface area contributed by atoms with Gasteiger partial charge >= 0.3 is 0 Å². The predicted octanol–water partition coefficient (Wildman–Crippen LogP) is 3.18. The van der Waals surface area contributed by atoms with E-state index in [0.717, 1.165) is 78.6 Å². The van der Waals surface area contributed by atoms with Crippen molar-refractivity contribution < 1.29 is 17.9 Å². The number of anilines is 1. The lowest BCUT2D eigenvalue weighted by Crippen LogP contribution is -2.43. The maximum absolute atomic E-state index is 13.2. The molecule has 2 aromatic heterocycles. The summed E-state index contributed by atoms with van der Waals surface area (Å²) in [5, 5.41) is 0.988. The topological polar surface area (TPSA) is 105 Å². The maximum atomic E-state index is 13.2. The Kier molecular flexibility index (Phi) is 6.79. The van der Waals surface area contributed by atoms with Crippen molar-refractivity contribution in [1.82, 2.24) is 19.6 Å². The van der Waals surface area contributed by atoms with Gasteiger partial charge in [0.25, 0.3) is 0 Å². The van der Waals surface area contributed by atoms with Gasteiger partial charge in [0, 0.05) is 48.4 Å². The van der Waals surface area contributed by atoms with E-state index in [-0.39, 0.29) is 12.5 Å². The monoisotopic (exact) mass is 535 g/mol. The Hall–Kier alpha value is -3.08. The zero-order valence-corrected chi connectivity index (χ0v) is 22.5. The number of aromatic nitrogens is 2. The number of thiol groups is 1. The molecule has 1 aromatic carbocycles. The van der Waals surface area contributed by atoms with E-state index in [1.54, 1.807) is 11.1 Å². The highest BCUT2D eigenvalue weighted by atomic mass is 32.2. The number of hydrogen-bond acceptors (Lipinski definition) is 7. The number of benzene rings is 1. The average Bonchev–Trinajstić information content (AvgIpc) is 3.50. The van der Waals surface area contributed by atoms with Crippen molar-refractivity contribution in [2.24, 2.45) is 0 Å². The molecule has 200 valence electrons. The molecule has 1 amide bonds. The normalized spacial score (nSPS) is 18.5. The van der Waals surface area contributed by atoms with Gasteiger partial charge in [0.05, 0.1) is 29.4 Å². The summed E-state index contributed by atoms with van der Waals surface area (Å²) in [7, 11) is -0.917. The van der Waals surface area contributed by atoms with Crippen LogP contribution in [0.2, 0.25) is 0 Å². The first-order chi connectivity index (χ1) is 18.5. The first-order valence-electron chi connectivity index (χ1n) is 13.4. The minimum atomic E-state index is -2.75. The molecule has 10 heteroatoms. The van der Waals surface area contributed by atoms with E-state index in [2.05, 4.69) is 25.7 Å². The second-order valence-electron chi connectivity index (χ2n) is 10.6. The van der Waals surface area contributed by atoms with E-state index < -0.39 is 16.3 Å². The van der Waals surface area contributed by atoms with E-state index in [4.69, 9.17) is 4.74 Å². The molecule has 3 aromatic rings. The maximum Gasteiger partial charge on any atom is 0.237 e. The number of nitrogens with one attached hydrogen (secondary N) is 1. The molecule has 1 spiro atoms. The van der Waals surface area contributed by atoms with E-state index >= 15 is 0 Å². The highest BCUT2D eigenvalue weighted by molar-refractivity contribution is 7.70. The van der Waals surface area contributed by atoms with Crippen LogP contribution in [0.3, 0.4) is 0 Å². The van der Waals surface area contributed by atoms with E-state index in [0.29, 0.717) is 18.1 Å². The average molecular weight is 536 g/mol. The molecule has 2 fully saturated rings. The standard InChI is InChI=1S/C28H33N5O4S/c1-32-24-18-29-23-7-6-19(15-22(23)25(24)28(27(32)34)8-4-9-28)20-14-21(17-31-38(35)36)26(30-16-20)37-13-5-12-33-10-2-3-11-33/h6-7,14-16,18,38H,2-5,8-13,17H2,1H3,(H,31,35,36). The molecule has 6 rings (SSSR count). The molecule has 1 N–H and O–H groups in total. The van der Waals surface area contributed by atoms with Crippen LogP contribution in [0.25, 0.3) is 22.0 Å². The summed E-state index contributed by atoms with van der Waals surface area (Å²) in [6.07, 6.45) is 9.76. The summed E-state index contributed by atoms with van der Waals surface area (Å²) in [6, 6.07) is 8.00. The van der Waals surface area contributed by atoms with Crippen molar-refractivity contribution >= 4 is 33.4 Å². The number of likely N-dealkylation sites (tertiary alicyclic amines) is 1. The SMILES string of the molecule is CN1C(=O)C2(CCC2)c2c1cnc1ccc(-c3cnc(OCCCN4CCCC4)c(CN[SH](=O)=O)c3)cc21. The third kappa shape index (κ3) is 4.44. The van der Waals surface area contributed by atoms with Crippen LogP contribution in [0, 0.1) is 0 Å². The quantitative estimate of drug-likeness (QED) is 0.320. The third-order valence-electron chi connectivity index (χ3n) is 8.32. The summed E-state index contributed by atoms with van der Waals surface area (Å²) in [6.45, 7) is 3.92. The van der Waals surface area contributed by atoms with Gasteiger partial charge in [-0.05, 0) is 69.0 Å². The largest absolute Gasteiger partial charge is 0.477 e. The van der Waals surface area contributed by atoms with Crippen LogP contribution in [0.4, 0.5) is 5.69 Å². The van der Waals surface area contributed by atoms with Crippen molar-refractivity contribution in [1.29, 1.82) is 0 Å². The van der Waals surface area contributed by atoms with Crippen molar-refractivity contribution in [3.63, 3.8) is 0 Å². The van der Waals surface area contributed by atoms with Crippen molar-refractivity contribution in [3.8, 4) is 17.0 Å². The van der Waals surface area contributed by atoms with E-state index in [1.807, 2.05) is 31.4 Å². The molecule has 38 heavy (non-hydrogen) atoms. The molecule has 0 atom stereocenters. The van der Waals surface area contributed by atoms with Gasteiger partial charge in [0.2, 0.25) is 22.7 Å². The first-order valence-corrected chi connectivity index (χ1v) is 14.6. The Morgan fingerprint density at radius 3 is 2.61 bits per heavy atom. The molecule has 0 bridgehead atoms. The number of likely N-dealkylation sites (N-methyl/N-ethyl adjacent to an activating group) is 1. The van der Waals surface area contributed by atoms with Crippen LogP contribution >= 0.6 is 0 Å². The fourth-order valence-corrected chi connectivity index (χ4v) is 6.48. The molecule has 0 unspecified atom stereocenters. The van der Waals surface area contributed by atoms with Crippen molar-refractivity contribution in [2.75, 3.05) is 38.2 Å². The van der Waals surface area contributed by atoms with Crippen LogP contribution in [-0.2, 0) is 27.6 Å². The number of amides is 1. The van der Waals surface area contributed by atoms with Crippen molar-refractivity contribution in [3.05, 3.63) is 47.8 Å². The fourth-order valence-electron chi connectivity index (χ4n) is 6.18. The summed E-state index contributed by atoms with van der Waals surface area (Å²) in [5.74, 6) is 0.606. The highest BCUT2D eigenvalue weighted by Gasteiger charge is 2.54. The molecule has 1 saturated heterocycles. The van der Waals surface area contributed by atoms with Crippen molar-refractivity contribution in [2.45, 2.75) is 50.5 Å². The lowest BCUT2D eigenvalue weighted by Gasteiger charge is -2.37. The Balaban J connectivity index is 1.31. The van der Waals surface area contributed by atoms with Gasteiger partial charge in [-0.25, -0.2) is 18.1 Å². The van der Waals surface area contributed by atoms with Gasteiger partial charge in [0.1, 0.15) is 0 Å². The van der Waals surface area contributed by atoms with Gasteiger partial charge in [0.15, 0.2) is 0 Å². The number of nitrogens with zero attached hydrogens (tertiary/aromatic N) is 4. The summed E-state index contributed by atoms with van der Waals surface area (Å²) in [4.78, 5) is 26.6. The molecular weight excluding hydrogens is 502 g/mol. The summed E-state index contributed by atoms with van der Waals surface area (Å²) in [5.41, 5.74) is 4.86. The van der Waals surface area contributed by atoms with Crippen LogP contribution in [0.5, 0.6) is 5.88 Å². The van der Waals surface area contributed by atoms with E-state index in [1.165, 1.54) is 12.8 Å². The Morgan fingerprint density at radius 2 is 1.87 bits per heavy atom. The van der Waals surface area contributed by atoms with E-state index in [9.17, 15) is 13.2 Å². The van der Waals surface area contributed by atoms with Crippen LogP contribution < -0.4 is 14.4 Å². The van der Waals surface area contributed by atoms with Gasteiger partial charge in [-0.2, -0.15) is 0 Å². The zero-order valence-electron chi connectivity index (χ0n) is 21.6. The summed E-state index contributed by atoms with van der Waals surface area (Å²) < 4.78 is 31.0. The Bertz CT molecular complexity index is 1460. The number of hydrogen-bond donors (Lipinski definition) is 2. The molecular formula is C28H33N5O4S. The van der Waals surface area contributed by atoms with Gasteiger partial charge < -0.3 is 14.5 Å². The van der Waals surface area contributed by atoms with Crippen LogP contribution in [0.15, 0.2) is 36.7 Å². The molecule has 1 aliphatic carbocycles. The number of rotatable bonds is 9. The minimum Gasteiger partial charge on any atom is -0.477 e. The number of fused-ring (bicyclic) bond motifs is 4. The predicted molar refractivity (Wildman–Crippen MR) is 147 cm³/mol. The molecule has 4 heterocycles. The van der Waals surface area contributed by atoms with Gasteiger partial charge in [-0.15, -0.1) is 0 Å². The van der Waals surface area contributed by atoms with Crippen LogP contribution in [0.1, 0.15) is 49.7 Å². The number of carbonyl (C=O) groups excluding carboxylic acids is 1. The number of carbonyl (C=O) groups is 1. The highest BCUT2D eigenvalue weighted by Crippen LogP contribution is 2.55.